The van der Waals surface area contributed by atoms with Gasteiger partial charge in [-0.25, -0.2) is 4.98 Å². The monoisotopic (exact) mass is 251 g/mol. The molecular formula is C10H13N5O3. The summed E-state index contributed by atoms with van der Waals surface area (Å²) in [6.45, 7) is 3.90. The molecule has 8 nitrogen and oxygen atoms in total. The Morgan fingerprint density at radius 1 is 1.61 bits per heavy atom. The molecule has 0 spiro atoms. The lowest BCUT2D eigenvalue weighted by atomic mass is 10.1. The van der Waals surface area contributed by atoms with Crippen molar-refractivity contribution in [3.05, 3.63) is 22.4 Å². The SMILES string of the molecule is CC(C)(CN)Oc1n[nH]c2ncc([N+](=O)[O-])cc12. The lowest BCUT2D eigenvalue weighted by Crippen LogP contribution is -2.37. The van der Waals surface area contributed by atoms with Crippen molar-refractivity contribution in [1.29, 1.82) is 0 Å². The second-order valence-electron chi connectivity index (χ2n) is 4.44. The number of aromatic nitrogens is 3. The Morgan fingerprint density at radius 2 is 2.33 bits per heavy atom. The highest BCUT2D eigenvalue weighted by molar-refractivity contribution is 5.82. The molecule has 0 aromatic carbocycles. The Hall–Kier alpha value is -2.22. The second-order valence-corrected chi connectivity index (χ2v) is 4.44. The average molecular weight is 251 g/mol. The first-order valence-corrected chi connectivity index (χ1v) is 5.30. The third-order valence-corrected chi connectivity index (χ3v) is 2.44. The van der Waals surface area contributed by atoms with E-state index in [0.717, 1.165) is 0 Å². The Labute approximate surface area is 102 Å². The van der Waals surface area contributed by atoms with Crippen molar-refractivity contribution in [3.63, 3.8) is 0 Å². The predicted molar refractivity (Wildman–Crippen MR) is 64.3 cm³/mol. The summed E-state index contributed by atoms with van der Waals surface area (Å²) in [5, 5.41) is 17.7. The van der Waals surface area contributed by atoms with Gasteiger partial charge in [0.1, 0.15) is 11.8 Å². The Morgan fingerprint density at radius 3 is 2.94 bits per heavy atom. The maximum absolute atomic E-state index is 10.7. The van der Waals surface area contributed by atoms with Crippen LogP contribution in [-0.4, -0.2) is 32.3 Å². The molecule has 2 heterocycles. The van der Waals surface area contributed by atoms with E-state index >= 15 is 0 Å². The molecular weight excluding hydrogens is 238 g/mol. The third-order valence-electron chi connectivity index (χ3n) is 2.44. The molecule has 0 atom stereocenters. The molecule has 0 amide bonds. The van der Waals surface area contributed by atoms with Crippen LogP contribution in [0, 0.1) is 10.1 Å². The first-order chi connectivity index (χ1) is 8.43. The quantitative estimate of drug-likeness (QED) is 0.617. The number of pyridine rings is 1. The van der Waals surface area contributed by atoms with E-state index in [1.165, 1.54) is 12.3 Å². The van der Waals surface area contributed by atoms with Crippen LogP contribution in [-0.2, 0) is 0 Å². The van der Waals surface area contributed by atoms with E-state index in [1.54, 1.807) is 13.8 Å². The highest BCUT2D eigenvalue weighted by Crippen LogP contribution is 2.27. The smallest absolute Gasteiger partial charge is 0.288 e. The fourth-order valence-corrected chi connectivity index (χ4v) is 1.35. The van der Waals surface area contributed by atoms with Crippen LogP contribution in [0.3, 0.4) is 0 Å². The van der Waals surface area contributed by atoms with Crippen molar-refractivity contribution < 1.29 is 9.66 Å². The van der Waals surface area contributed by atoms with Crippen molar-refractivity contribution in [2.24, 2.45) is 5.73 Å². The van der Waals surface area contributed by atoms with Crippen LogP contribution in [0.15, 0.2) is 12.3 Å². The van der Waals surface area contributed by atoms with Crippen molar-refractivity contribution in [1.82, 2.24) is 15.2 Å². The highest BCUT2D eigenvalue weighted by Gasteiger charge is 2.22. The molecule has 2 rings (SSSR count). The van der Waals surface area contributed by atoms with Crippen LogP contribution in [0.2, 0.25) is 0 Å². The van der Waals surface area contributed by atoms with Gasteiger partial charge >= 0.3 is 0 Å². The number of rotatable bonds is 4. The number of nitrogens with two attached hydrogens (primary N) is 1. The molecule has 3 N–H and O–H groups in total. The zero-order valence-electron chi connectivity index (χ0n) is 10.0. The number of nitrogens with one attached hydrogen (secondary N) is 1. The molecule has 0 bridgehead atoms. The molecule has 0 unspecified atom stereocenters. The van der Waals surface area contributed by atoms with Crippen molar-refractivity contribution >= 4 is 16.7 Å². The minimum absolute atomic E-state index is 0.112. The summed E-state index contributed by atoms with van der Waals surface area (Å²) in [7, 11) is 0. The summed E-state index contributed by atoms with van der Waals surface area (Å²) in [6.07, 6.45) is 1.17. The molecule has 0 fully saturated rings. The number of H-pyrrole nitrogens is 1. The fraction of sp³-hybridized carbons (Fsp3) is 0.400. The van der Waals surface area contributed by atoms with Gasteiger partial charge in [-0.2, -0.15) is 0 Å². The summed E-state index contributed by atoms with van der Waals surface area (Å²) >= 11 is 0. The van der Waals surface area contributed by atoms with E-state index in [9.17, 15) is 10.1 Å². The van der Waals surface area contributed by atoms with Crippen molar-refractivity contribution in [3.8, 4) is 5.88 Å². The highest BCUT2D eigenvalue weighted by atomic mass is 16.6. The zero-order chi connectivity index (χ0) is 13.3. The molecule has 2 aromatic heterocycles. The maximum atomic E-state index is 10.7. The fourth-order valence-electron chi connectivity index (χ4n) is 1.35. The van der Waals surface area contributed by atoms with Gasteiger partial charge in [0.05, 0.1) is 10.3 Å². The second kappa shape index (κ2) is 4.22. The number of hydrogen-bond acceptors (Lipinski definition) is 6. The number of fused-ring (bicyclic) bond motifs is 1. The van der Waals surface area contributed by atoms with Gasteiger partial charge in [0.15, 0.2) is 5.65 Å². The van der Waals surface area contributed by atoms with Gasteiger partial charge in [0.25, 0.3) is 5.69 Å². The van der Waals surface area contributed by atoms with E-state index in [0.29, 0.717) is 17.6 Å². The minimum Gasteiger partial charge on any atom is -0.469 e. The van der Waals surface area contributed by atoms with Crippen LogP contribution < -0.4 is 10.5 Å². The van der Waals surface area contributed by atoms with Gasteiger partial charge in [0, 0.05) is 12.6 Å². The average Bonchev–Trinajstić information content (AvgIpc) is 2.71. The molecule has 2 aromatic rings. The molecule has 96 valence electrons. The van der Waals surface area contributed by atoms with E-state index in [1.807, 2.05) is 0 Å². The molecule has 0 aliphatic heterocycles. The third kappa shape index (κ3) is 2.23. The molecule has 0 saturated heterocycles. The van der Waals surface area contributed by atoms with Crippen LogP contribution in [0.1, 0.15) is 13.8 Å². The first-order valence-electron chi connectivity index (χ1n) is 5.30. The number of hydrogen-bond donors (Lipinski definition) is 2. The normalized spacial score (nSPS) is 11.7. The minimum atomic E-state index is -0.604. The molecule has 8 heteroatoms. The molecule has 18 heavy (non-hydrogen) atoms. The zero-order valence-corrected chi connectivity index (χ0v) is 10.0. The van der Waals surface area contributed by atoms with Crippen LogP contribution in [0.25, 0.3) is 11.0 Å². The summed E-state index contributed by atoms with van der Waals surface area (Å²) < 4.78 is 5.61. The number of nitrogens with zero attached hydrogens (tertiary/aromatic N) is 3. The Kier molecular flexibility index (Phi) is 2.87. The Balaban J connectivity index is 2.45. The predicted octanol–water partition coefficient (Wildman–Crippen LogP) is 0.982. The van der Waals surface area contributed by atoms with Crippen molar-refractivity contribution in [2.45, 2.75) is 19.4 Å². The van der Waals surface area contributed by atoms with Crippen molar-refractivity contribution in [2.75, 3.05) is 6.54 Å². The lowest BCUT2D eigenvalue weighted by molar-refractivity contribution is -0.385. The summed E-state index contributed by atoms with van der Waals surface area (Å²) in [5.41, 5.74) is 5.28. The van der Waals surface area contributed by atoms with Gasteiger partial charge < -0.3 is 10.5 Å². The van der Waals surface area contributed by atoms with Crippen LogP contribution >= 0.6 is 0 Å². The summed E-state index contributed by atoms with van der Waals surface area (Å²) in [4.78, 5) is 14.1. The molecule has 0 aliphatic rings. The molecule has 0 saturated carbocycles. The Bertz CT molecular complexity index is 592. The summed E-state index contributed by atoms with van der Waals surface area (Å²) in [6, 6.07) is 1.37. The standard InChI is InChI=1S/C10H13N5O3/c1-10(2,5-11)18-9-7-3-6(15(16)17)4-12-8(7)13-14-9/h3-4H,5,11H2,1-2H3,(H,12,13,14). The topological polar surface area (TPSA) is 120 Å². The maximum Gasteiger partial charge on any atom is 0.288 e. The van der Waals surface area contributed by atoms with Gasteiger partial charge in [-0.1, -0.05) is 0 Å². The van der Waals surface area contributed by atoms with Crippen LogP contribution in [0.4, 0.5) is 5.69 Å². The number of ether oxygens (including phenoxy) is 1. The molecule has 0 aliphatic carbocycles. The van der Waals surface area contributed by atoms with Crippen LogP contribution in [0.5, 0.6) is 5.88 Å². The summed E-state index contributed by atoms with van der Waals surface area (Å²) in [5.74, 6) is 0.261. The van der Waals surface area contributed by atoms with Gasteiger partial charge in [-0.05, 0) is 13.8 Å². The first kappa shape index (κ1) is 12.2. The van der Waals surface area contributed by atoms with E-state index in [-0.39, 0.29) is 11.6 Å². The van der Waals surface area contributed by atoms with E-state index < -0.39 is 10.5 Å². The number of aromatic amines is 1. The van der Waals surface area contributed by atoms with Gasteiger partial charge in [0.2, 0.25) is 5.88 Å². The molecule has 0 radical (unpaired) electrons. The van der Waals surface area contributed by atoms with E-state index in [2.05, 4.69) is 15.2 Å². The lowest BCUT2D eigenvalue weighted by Gasteiger charge is -2.22. The van der Waals surface area contributed by atoms with E-state index in [4.69, 9.17) is 10.5 Å². The largest absolute Gasteiger partial charge is 0.469 e. The number of nitro groups is 1. The van der Waals surface area contributed by atoms with Gasteiger partial charge in [-0.3, -0.25) is 15.2 Å². The van der Waals surface area contributed by atoms with Gasteiger partial charge in [-0.15, -0.1) is 5.10 Å².